The summed E-state index contributed by atoms with van der Waals surface area (Å²) in [6.45, 7) is 0. The number of ether oxygens (including phenoxy) is 2. The predicted octanol–water partition coefficient (Wildman–Crippen LogP) is 0.213. The molecule has 0 saturated heterocycles. The van der Waals surface area contributed by atoms with Gasteiger partial charge in [0, 0.05) is 0 Å². The highest BCUT2D eigenvalue weighted by Gasteiger charge is 2.07. The number of carbonyl (C=O) groups excluding carboxylic acids is 1. The van der Waals surface area contributed by atoms with Crippen molar-refractivity contribution < 1.29 is 14.3 Å². The van der Waals surface area contributed by atoms with Gasteiger partial charge in [-0.05, 0) is 0 Å². The van der Waals surface area contributed by atoms with Crippen LogP contribution >= 0.6 is 0 Å². The first-order chi connectivity index (χ1) is 4.76. The van der Waals surface area contributed by atoms with E-state index in [1.165, 1.54) is 14.2 Å². The lowest BCUT2D eigenvalue weighted by Gasteiger charge is -1.93. The van der Waals surface area contributed by atoms with Gasteiger partial charge in [0.2, 0.25) is 0 Å². The van der Waals surface area contributed by atoms with Crippen LogP contribution in [0.2, 0.25) is 0 Å². The molecule has 0 fully saturated rings. The third-order valence-corrected chi connectivity index (χ3v) is 0.761. The normalized spacial score (nSPS) is 9.90. The number of carbonyl (C=O) groups is 1. The van der Waals surface area contributed by atoms with Gasteiger partial charge in [-0.2, -0.15) is 5.26 Å². The maximum Gasteiger partial charge on any atom is 0.351 e. The second-order valence-electron chi connectivity index (χ2n) is 1.37. The van der Waals surface area contributed by atoms with E-state index < -0.39 is 5.97 Å². The van der Waals surface area contributed by atoms with Gasteiger partial charge in [-0.3, -0.25) is 0 Å². The molecule has 0 aromatic rings. The van der Waals surface area contributed by atoms with Crippen molar-refractivity contribution in [2.75, 3.05) is 14.2 Å². The highest BCUT2D eigenvalue weighted by atomic mass is 16.5. The molecule has 0 atom stereocenters. The summed E-state index contributed by atoms with van der Waals surface area (Å²) in [4.78, 5) is 10.5. The highest BCUT2D eigenvalue weighted by molar-refractivity contribution is 5.92. The fraction of sp³-hybridized carbons (Fsp3) is 0.333. The number of hydrogen-bond acceptors (Lipinski definition) is 4. The lowest BCUT2D eigenvalue weighted by Crippen LogP contribution is -2.02. The standard InChI is InChI=1S/C6H7NO3/c1-9-4-5(3-7)6(8)10-2/h4H,1-2H3. The zero-order chi connectivity index (χ0) is 7.98. The zero-order valence-corrected chi connectivity index (χ0v) is 5.75. The fourth-order valence-electron chi connectivity index (χ4n) is 0.348. The van der Waals surface area contributed by atoms with E-state index in [9.17, 15) is 4.79 Å². The predicted molar refractivity (Wildman–Crippen MR) is 32.7 cm³/mol. The van der Waals surface area contributed by atoms with E-state index in [1.807, 2.05) is 0 Å². The van der Waals surface area contributed by atoms with Gasteiger partial charge in [-0.25, -0.2) is 4.79 Å². The summed E-state index contributed by atoms with van der Waals surface area (Å²) in [6, 6.07) is 1.62. The summed E-state index contributed by atoms with van der Waals surface area (Å²) in [5, 5.41) is 8.26. The Morgan fingerprint density at radius 3 is 2.50 bits per heavy atom. The molecule has 0 saturated carbocycles. The molecule has 0 unspecified atom stereocenters. The van der Waals surface area contributed by atoms with Crippen LogP contribution in [0, 0.1) is 11.3 Å². The molecule has 0 heterocycles. The molecule has 0 radical (unpaired) electrons. The monoisotopic (exact) mass is 141 g/mol. The molecule has 0 amide bonds. The number of nitrogens with zero attached hydrogens (tertiary/aromatic N) is 1. The van der Waals surface area contributed by atoms with E-state index in [0.29, 0.717) is 0 Å². The minimum absolute atomic E-state index is 0.148. The van der Waals surface area contributed by atoms with Gasteiger partial charge in [-0.1, -0.05) is 0 Å². The van der Waals surface area contributed by atoms with Crippen LogP contribution in [0.1, 0.15) is 0 Å². The number of nitriles is 1. The average Bonchev–Trinajstić information content (AvgIpc) is 1.99. The molecule has 0 aromatic carbocycles. The van der Waals surface area contributed by atoms with E-state index >= 15 is 0 Å². The van der Waals surface area contributed by atoms with Crippen molar-refractivity contribution in [1.82, 2.24) is 0 Å². The third kappa shape index (κ3) is 2.18. The first-order valence-electron chi connectivity index (χ1n) is 2.47. The second kappa shape index (κ2) is 4.39. The number of rotatable bonds is 2. The first-order valence-corrected chi connectivity index (χ1v) is 2.47. The first kappa shape index (κ1) is 8.50. The molecule has 0 bridgehead atoms. The van der Waals surface area contributed by atoms with E-state index in [-0.39, 0.29) is 5.57 Å². The topological polar surface area (TPSA) is 59.3 Å². The maximum atomic E-state index is 10.5. The van der Waals surface area contributed by atoms with Gasteiger partial charge in [0.1, 0.15) is 12.3 Å². The molecule has 0 aliphatic carbocycles. The molecule has 0 N–H and O–H groups in total. The van der Waals surface area contributed by atoms with Crippen molar-refractivity contribution in [2.24, 2.45) is 0 Å². The molecule has 54 valence electrons. The molecular weight excluding hydrogens is 134 g/mol. The number of esters is 1. The third-order valence-electron chi connectivity index (χ3n) is 0.761. The molecule has 4 nitrogen and oxygen atoms in total. The van der Waals surface area contributed by atoms with Crippen LogP contribution in [0.25, 0.3) is 0 Å². The molecule has 0 aromatic heterocycles. The van der Waals surface area contributed by atoms with E-state index in [1.54, 1.807) is 6.07 Å². The highest BCUT2D eigenvalue weighted by Crippen LogP contribution is 1.94. The summed E-state index contributed by atoms with van der Waals surface area (Å²) in [7, 11) is 2.55. The minimum Gasteiger partial charge on any atom is -0.503 e. The van der Waals surface area contributed by atoms with E-state index in [2.05, 4.69) is 9.47 Å². The lowest BCUT2D eigenvalue weighted by atomic mass is 10.3. The van der Waals surface area contributed by atoms with Crippen LogP contribution in [0.4, 0.5) is 0 Å². The van der Waals surface area contributed by atoms with Crippen LogP contribution in [-0.2, 0) is 14.3 Å². The van der Waals surface area contributed by atoms with Crippen molar-refractivity contribution in [1.29, 1.82) is 5.26 Å². The summed E-state index contributed by atoms with van der Waals surface area (Å²) in [5.74, 6) is -0.690. The van der Waals surface area contributed by atoms with Crippen LogP contribution in [0.15, 0.2) is 11.8 Å². The van der Waals surface area contributed by atoms with Crippen LogP contribution < -0.4 is 0 Å². The van der Waals surface area contributed by atoms with Gasteiger partial charge in [-0.15, -0.1) is 0 Å². The Bertz CT molecular complexity index is 190. The van der Waals surface area contributed by atoms with Crippen molar-refractivity contribution in [3.8, 4) is 6.07 Å². The van der Waals surface area contributed by atoms with Crippen molar-refractivity contribution >= 4 is 5.97 Å². The van der Waals surface area contributed by atoms with Gasteiger partial charge in [0.05, 0.1) is 14.2 Å². The smallest absolute Gasteiger partial charge is 0.351 e. The van der Waals surface area contributed by atoms with Crippen molar-refractivity contribution in [3.05, 3.63) is 11.8 Å². The Morgan fingerprint density at radius 2 is 2.20 bits per heavy atom. The van der Waals surface area contributed by atoms with Crippen molar-refractivity contribution in [2.45, 2.75) is 0 Å². The number of methoxy groups -OCH3 is 2. The molecule has 0 rings (SSSR count). The zero-order valence-electron chi connectivity index (χ0n) is 5.75. The van der Waals surface area contributed by atoms with Crippen LogP contribution in [0.3, 0.4) is 0 Å². The fourth-order valence-corrected chi connectivity index (χ4v) is 0.348. The Labute approximate surface area is 58.7 Å². The van der Waals surface area contributed by atoms with Gasteiger partial charge in [0.25, 0.3) is 0 Å². The number of hydrogen-bond donors (Lipinski definition) is 0. The summed E-state index contributed by atoms with van der Waals surface area (Å²) in [5.41, 5.74) is -0.148. The van der Waals surface area contributed by atoms with Crippen LogP contribution in [0.5, 0.6) is 0 Å². The maximum absolute atomic E-state index is 10.5. The summed E-state index contributed by atoms with van der Waals surface area (Å²) < 4.78 is 8.68. The average molecular weight is 141 g/mol. The Morgan fingerprint density at radius 1 is 1.60 bits per heavy atom. The Balaban J connectivity index is 4.25. The molecule has 0 aliphatic heterocycles. The lowest BCUT2D eigenvalue weighted by molar-refractivity contribution is -0.135. The summed E-state index contributed by atoms with van der Waals surface area (Å²) in [6.07, 6.45) is 1.03. The SMILES string of the molecule is COC=C(C#N)C(=O)OC. The van der Waals surface area contributed by atoms with Gasteiger partial charge in [0.15, 0.2) is 5.57 Å². The molecule has 4 heteroatoms. The Hall–Kier alpha value is -1.50. The Kier molecular flexibility index (Phi) is 3.73. The second-order valence-corrected chi connectivity index (χ2v) is 1.37. The van der Waals surface area contributed by atoms with Gasteiger partial charge >= 0.3 is 5.97 Å². The minimum atomic E-state index is -0.690. The van der Waals surface area contributed by atoms with E-state index in [0.717, 1.165) is 6.26 Å². The molecule has 10 heavy (non-hydrogen) atoms. The van der Waals surface area contributed by atoms with Crippen molar-refractivity contribution in [3.63, 3.8) is 0 Å². The van der Waals surface area contributed by atoms with E-state index in [4.69, 9.17) is 5.26 Å². The molecule has 0 aliphatic rings. The summed E-state index contributed by atoms with van der Waals surface area (Å²) >= 11 is 0. The quantitative estimate of drug-likeness (QED) is 0.239. The molecule has 0 spiro atoms. The largest absolute Gasteiger partial charge is 0.503 e. The van der Waals surface area contributed by atoms with Gasteiger partial charge < -0.3 is 9.47 Å². The van der Waals surface area contributed by atoms with Crippen LogP contribution in [-0.4, -0.2) is 20.2 Å². The molecular formula is C6H7NO3.